The van der Waals surface area contributed by atoms with E-state index in [1.807, 2.05) is 0 Å². The average molecular weight is 984 g/mol. The molecule has 7 atom stereocenters. The average Bonchev–Trinajstić information content (AvgIpc) is 3.54. The van der Waals surface area contributed by atoms with Gasteiger partial charge in [-0.1, -0.05) is 187 Å². The van der Waals surface area contributed by atoms with Gasteiger partial charge in [-0.15, -0.1) is 0 Å². The lowest BCUT2D eigenvalue weighted by atomic mass is 10.0. The molecule has 1 aromatic rings. The molecule has 0 radical (unpaired) electrons. The maximum Gasteiger partial charge on any atom is 0.481 e. The normalized spacial score (nSPS) is 19.8. The molecule has 380 valence electrons. The van der Waals surface area contributed by atoms with E-state index in [9.17, 15) is 38.7 Å². The van der Waals surface area contributed by atoms with Crippen LogP contribution in [0.1, 0.15) is 213 Å². The highest BCUT2D eigenvalue weighted by Gasteiger charge is 2.46. The fourth-order valence-corrected chi connectivity index (χ4v) is 11.0. The lowest BCUT2D eigenvalue weighted by molar-refractivity contribution is -0.149. The predicted molar refractivity (Wildman–Crippen MR) is 259 cm³/mol. The number of esters is 1. The fourth-order valence-electron chi connectivity index (χ4n) is 7.85. The molecular weight excluding hydrogens is 897 g/mol. The molecule has 0 saturated carbocycles. The Hall–Kier alpha value is -1.36. The number of nitrogen functional groups attached to an aromatic ring is 1. The fraction of sp³-hybridized carbons (Fsp3) is 0.891. The van der Waals surface area contributed by atoms with Gasteiger partial charge in [0.15, 0.2) is 6.23 Å². The summed E-state index contributed by atoms with van der Waals surface area (Å²) < 4.78 is 52.0. The van der Waals surface area contributed by atoms with Gasteiger partial charge in [-0.05, 0) is 24.7 Å². The van der Waals surface area contributed by atoms with Gasteiger partial charge in [0.25, 0.3) is 0 Å². The second-order valence-electron chi connectivity index (χ2n) is 17.7. The number of thioether (sulfide) groups is 1. The molecule has 0 aromatic carbocycles. The summed E-state index contributed by atoms with van der Waals surface area (Å²) in [6.45, 7) is 3.03. The van der Waals surface area contributed by atoms with Gasteiger partial charge in [0, 0.05) is 18.4 Å². The van der Waals surface area contributed by atoms with Crippen molar-refractivity contribution in [2.45, 2.75) is 237 Å². The van der Waals surface area contributed by atoms with Crippen LogP contribution in [-0.2, 0) is 36.8 Å². The van der Waals surface area contributed by atoms with E-state index in [0.29, 0.717) is 6.42 Å². The van der Waals surface area contributed by atoms with Crippen molar-refractivity contribution in [3.63, 3.8) is 0 Å². The standard InChI is InChI=1S/C46H87N3O13P2S/c1-3-5-7-9-11-13-15-17-19-20-22-24-26-28-30-32-42(50)60-39(38-65-35-31-29-27-25-23-21-18-16-14-12-10-8-6-4-2)36-58-63(54,55)62-64(56,57)59-37-40-43(51)44(52)45(61-40)49-34-33-41(47)48-46(49)53/h33-34,39-40,43-45,51-52H,3-32,35-38H2,1-2H3,(H,54,55)(H,56,57)(H2,47,48,53)/t39?,40-,43-,44+,45?/m1/s1. The number of carbonyl (C=O) groups is 1. The number of nitrogens with two attached hydrogens (primary N) is 1. The van der Waals surface area contributed by atoms with Gasteiger partial charge in [-0.25, -0.2) is 13.9 Å². The molecule has 0 bridgehead atoms. The number of phosphoric ester groups is 2. The molecule has 16 nitrogen and oxygen atoms in total. The van der Waals surface area contributed by atoms with Crippen molar-refractivity contribution in [2.75, 3.05) is 30.5 Å². The third-order valence-electron chi connectivity index (χ3n) is 11.7. The highest BCUT2D eigenvalue weighted by atomic mass is 32.2. The SMILES string of the molecule is CCCCCCCCCCCCCCCCCC(=O)OC(COP(=O)(O)OP(=O)(O)OC[C@H]1OC(n2ccc(N)nc2=O)[C@@H](O)[C@@H]1O)CSCCCCCCCCCCCCCCCC. The molecule has 1 aliphatic rings. The van der Waals surface area contributed by atoms with E-state index in [2.05, 4.69) is 23.1 Å². The number of aliphatic hydroxyl groups is 2. The van der Waals surface area contributed by atoms with Crippen LogP contribution in [-0.4, -0.2) is 84.7 Å². The summed E-state index contributed by atoms with van der Waals surface area (Å²) >= 11 is 1.54. The Kier molecular flexibility index (Phi) is 33.7. The summed E-state index contributed by atoms with van der Waals surface area (Å²) in [5.74, 6) is 0.546. The number of aliphatic hydroxyl groups excluding tert-OH is 2. The quantitative estimate of drug-likeness (QED) is 0.0232. The summed E-state index contributed by atoms with van der Waals surface area (Å²) in [5.41, 5.74) is 4.63. The molecule has 2 rings (SSSR count). The van der Waals surface area contributed by atoms with E-state index in [1.54, 1.807) is 0 Å². The van der Waals surface area contributed by atoms with Gasteiger partial charge in [0.2, 0.25) is 0 Å². The molecule has 0 aliphatic carbocycles. The van der Waals surface area contributed by atoms with Crippen LogP contribution in [0.25, 0.3) is 0 Å². The van der Waals surface area contributed by atoms with Crippen molar-refractivity contribution in [1.82, 2.24) is 9.55 Å². The van der Waals surface area contributed by atoms with Crippen LogP contribution in [0.15, 0.2) is 17.1 Å². The van der Waals surface area contributed by atoms with Crippen molar-refractivity contribution < 1.29 is 56.8 Å². The van der Waals surface area contributed by atoms with Crippen LogP contribution in [0.2, 0.25) is 0 Å². The summed E-state index contributed by atoms with van der Waals surface area (Å²) in [6.07, 6.45) is 29.9. The first-order valence-electron chi connectivity index (χ1n) is 25.1. The van der Waals surface area contributed by atoms with E-state index in [1.165, 1.54) is 165 Å². The van der Waals surface area contributed by atoms with Crippen molar-refractivity contribution in [2.24, 2.45) is 0 Å². The molecular formula is C46H87N3O13P2S. The maximum absolute atomic E-state index is 12.9. The molecule has 1 aliphatic heterocycles. The van der Waals surface area contributed by atoms with Gasteiger partial charge < -0.3 is 35.2 Å². The Bertz CT molecular complexity index is 1530. The molecule has 2 heterocycles. The smallest absolute Gasteiger partial charge is 0.459 e. The molecule has 65 heavy (non-hydrogen) atoms. The number of ether oxygens (including phenoxy) is 2. The van der Waals surface area contributed by atoms with Crippen molar-refractivity contribution in [3.8, 4) is 0 Å². The van der Waals surface area contributed by atoms with Crippen LogP contribution in [0, 0.1) is 0 Å². The number of aromatic nitrogens is 2. The van der Waals surface area contributed by atoms with E-state index in [-0.39, 0.29) is 18.0 Å². The van der Waals surface area contributed by atoms with E-state index in [4.69, 9.17) is 24.3 Å². The Morgan fingerprint density at radius 2 is 1.17 bits per heavy atom. The van der Waals surface area contributed by atoms with Gasteiger partial charge in [-0.3, -0.25) is 18.4 Å². The van der Waals surface area contributed by atoms with Crippen LogP contribution in [0.4, 0.5) is 5.82 Å². The maximum atomic E-state index is 12.9. The zero-order valence-electron chi connectivity index (χ0n) is 39.8. The number of hydrogen-bond donors (Lipinski definition) is 5. The second-order valence-corrected chi connectivity index (χ2v) is 21.9. The molecule has 0 amide bonds. The first-order valence-corrected chi connectivity index (χ1v) is 29.2. The third kappa shape index (κ3) is 29.3. The highest BCUT2D eigenvalue weighted by Crippen LogP contribution is 2.60. The highest BCUT2D eigenvalue weighted by molar-refractivity contribution is 7.99. The number of rotatable bonds is 43. The third-order valence-corrected chi connectivity index (χ3v) is 15.5. The molecule has 1 saturated heterocycles. The van der Waals surface area contributed by atoms with Crippen LogP contribution in [0.3, 0.4) is 0 Å². The summed E-state index contributed by atoms with van der Waals surface area (Å²) in [4.78, 5) is 49.3. The van der Waals surface area contributed by atoms with Crippen LogP contribution >= 0.6 is 27.4 Å². The number of hydrogen-bond acceptors (Lipinski definition) is 14. The van der Waals surface area contributed by atoms with Gasteiger partial charge in [-0.2, -0.15) is 21.1 Å². The number of nitrogens with zero attached hydrogens (tertiary/aromatic N) is 2. The zero-order valence-corrected chi connectivity index (χ0v) is 42.4. The molecule has 1 fully saturated rings. The molecule has 6 N–H and O–H groups in total. The van der Waals surface area contributed by atoms with Crippen molar-refractivity contribution in [1.29, 1.82) is 0 Å². The Balaban J connectivity index is 1.76. The first kappa shape index (κ1) is 59.8. The first-order chi connectivity index (χ1) is 31.3. The second kappa shape index (κ2) is 36.6. The molecule has 4 unspecified atom stereocenters. The molecule has 1 aromatic heterocycles. The largest absolute Gasteiger partial charge is 0.481 e. The number of anilines is 1. The van der Waals surface area contributed by atoms with Crippen molar-refractivity contribution in [3.05, 3.63) is 22.7 Å². The Labute approximate surface area is 394 Å². The molecule has 0 spiro atoms. The number of unbranched alkanes of at least 4 members (excludes halogenated alkanes) is 27. The zero-order chi connectivity index (χ0) is 47.6. The number of carbonyl (C=O) groups excluding carboxylic acids is 1. The van der Waals surface area contributed by atoms with Gasteiger partial charge in [0.1, 0.15) is 30.2 Å². The Morgan fingerprint density at radius 3 is 1.65 bits per heavy atom. The van der Waals surface area contributed by atoms with Crippen molar-refractivity contribution >= 4 is 39.2 Å². The van der Waals surface area contributed by atoms with E-state index < -0.39 is 71.2 Å². The molecule has 19 heteroatoms. The van der Waals surface area contributed by atoms with Crippen LogP contribution < -0.4 is 11.4 Å². The topological polar surface area (TPSA) is 239 Å². The minimum absolute atomic E-state index is 0.0768. The summed E-state index contributed by atoms with van der Waals surface area (Å²) in [5, 5.41) is 20.9. The summed E-state index contributed by atoms with van der Waals surface area (Å²) in [7, 11) is -10.6. The Morgan fingerprint density at radius 1 is 0.723 bits per heavy atom. The predicted octanol–water partition coefficient (Wildman–Crippen LogP) is 11.1. The van der Waals surface area contributed by atoms with Gasteiger partial charge in [0.05, 0.1) is 13.2 Å². The minimum atomic E-state index is -5.32. The van der Waals surface area contributed by atoms with E-state index >= 15 is 0 Å². The van der Waals surface area contributed by atoms with Gasteiger partial charge >= 0.3 is 27.3 Å². The monoisotopic (exact) mass is 984 g/mol. The summed E-state index contributed by atoms with van der Waals surface area (Å²) in [6, 6.07) is 1.27. The van der Waals surface area contributed by atoms with Crippen LogP contribution in [0.5, 0.6) is 0 Å². The van der Waals surface area contributed by atoms with E-state index in [0.717, 1.165) is 48.8 Å². The lowest BCUT2D eigenvalue weighted by Gasteiger charge is -2.21. The lowest BCUT2D eigenvalue weighted by Crippen LogP contribution is -2.36. The minimum Gasteiger partial charge on any atom is -0.459 e. The number of phosphoric acid groups is 2.